The van der Waals surface area contributed by atoms with Crippen molar-refractivity contribution in [2.45, 2.75) is 18.5 Å². The Kier molecular flexibility index (Phi) is 6.26. The average Bonchev–Trinajstić information content (AvgIpc) is 3.60. The Labute approximate surface area is 190 Å². The van der Waals surface area contributed by atoms with Gasteiger partial charge < -0.3 is 19.7 Å². The Balaban J connectivity index is 1.05. The zero-order valence-corrected chi connectivity index (χ0v) is 18.5. The Morgan fingerprint density at radius 1 is 1.09 bits per heavy atom. The zero-order valence-electron chi connectivity index (χ0n) is 17.7. The molecule has 32 heavy (non-hydrogen) atoms. The number of rotatable bonds is 6. The monoisotopic (exact) mass is 457 g/mol. The van der Waals surface area contributed by atoms with Gasteiger partial charge in [0.1, 0.15) is 6.04 Å². The normalized spacial score (nSPS) is 22.8. The minimum absolute atomic E-state index is 0.0307. The highest BCUT2D eigenvalue weighted by Crippen LogP contribution is 2.35. The van der Waals surface area contributed by atoms with Crippen LogP contribution in [-0.4, -0.2) is 73.7 Å². The molecular weight excluding hydrogens is 430 g/mol. The molecule has 2 atom stereocenters. The summed E-state index contributed by atoms with van der Waals surface area (Å²) in [5, 5.41) is 6.71. The molecule has 0 aliphatic carbocycles. The quantitative estimate of drug-likeness (QED) is 0.595. The van der Waals surface area contributed by atoms with Gasteiger partial charge in [-0.15, -0.1) is 0 Å². The van der Waals surface area contributed by atoms with E-state index in [1.54, 1.807) is 0 Å². The summed E-state index contributed by atoms with van der Waals surface area (Å²) in [5.74, 6) is 1.61. The number of hydrogen-bond donors (Lipinski definition) is 3. The van der Waals surface area contributed by atoms with Crippen molar-refractivity contribution in [3.8, 4) is 11.5 Å². The molecule has 0 bridgehead atoms. The lowest BCUT2D eigenvalue weighted by Gasteiger charge is -2.35. The van der Waals surface area contributed by atoms with E-state index in [0.29, 0.717) is 31.6 Å². The molecule has 3 aliphatic rings. The van der Waals surface area contributed by atoms with Crippen LogP contribution in [0.3, 0.4) is 0 Å². The van der Waals surface area contributed by atoms with E-state index >= 15 is 0 Å². The van der Waals surface area contributed by atoms with Gasteiger partial charge in [-0.2, -0.15) is 11.3 Å². The third-order valence-electron chi connectivity index (χ3n) is 6.18. The topological polar surface area (TPSA) is 95.2 Å². The molecule has 2 fully saturated rings. The summed E-state index contributed by atoms with van der Waals surface area (Å²) in [6, 6.07) is 7.53. The lowest BCUT2D eigenvalue weighted by Crippen LogP contribution is -2.54. The molecule has 10 heteroatoms. The summed E-state index contributed by atoms with van der Waals surface area (Å²) in [6.07, 6.45) is 0.688. The van der Waals surface area contributed by atoms with Gasteiger partial charge in [-0.1, -0.05) is 6.07 Å². The van der Waals surface area contributed by atoms with E-state index in [9.17, 15) is 9.59 Å². The van der Waals surface area contributed by atoms with Crippen molar-refractivity contribution in [1.29, 1.82) is 0 Å². The largest absolute Gasteiger partial charge is 0.454 e. The Bertz CT molecular complexity index is 961. The first kappa shape index (κ1) is 21.2. The van der Waals surface area contributed by atoms with Crippen LogP contribution in [0.1, 0.15) is 28.4 Å². The number of piperazine rings is 1. The van der Waals surface area contributed by atoms with Gasteiger partial charge >= 0.3 is 0 Å². The molecule has 3 aliphatic heterocycles. The summed E-state index contributed by atoms with van der Waals surface area (Å²) in [5.41, 5.74) is 8.20. The number of carbonyl (C=O) groups is 2. The van der Waals surface area contributed by atoms with Crippen LogP contribution in [0.5, 0.6) is 11.5 Å². The van der Waals surface area contributed by atoms with Crippen molar-refractivity contribution in [3.05, 3.63) is 46.2 Å². The van der Waals surface area contributed by atoms with Crippen LogP contribution in [0.15, 0.2) is 35.0 Å². The fraction of sp³-hybridized carbons (Fsp3) is 0.455. The molecule has 9 nitrogen and oxygen atoms in total. The van der Waals surface area contributed by atoms with Gasteiger partial charge in [0, 0.05) is 56.3 Å². The summed E-state index contributed by atoms with van der Waals surface area (Å²) >= 11 is 1.52. The second-order valence-corrected chi connectivity index (χ2v) is 8.96. The van der Waals surface area contributed by atoms with Gasteiger partial charge in [0.25, 0.3) is 5.91 Å². The Hall–Kier alpha value is -2.66. The molecule has 0 radical (unpaired) electrons. The van der Waals surface area contributed by atoms with Crippen molar-refractivity contribution in [2.75, 3.05) is 46.1 Å². The molecule has 1 aromatic carbocycles. The number of hydrogen-bond acceptors (Lipinski definition) is 8. The molecule has 5 rings (SSSR count). The number of fused-ring (bicyclic) bond motifs is 1. The van der Waals surface area contributed by atoms with Crippen LogP contribution in [0, 0.1) is 0 Å². The highest BCUT2D eigenvalue weighted by atomic mass is 32.1. The lowest BCUT2D eigenvalue weighted by molar-refractivity contribution is -0.134. The van der Waals surface area contributed by atoms with Crippen LogP contribution in [-0.2, 0) is 4.79 Å². The molecule has 2 unspecified atom stereocenters. The van der Waals surface area contributed by atoms with Gasteiger partial charge in [-0.3, -0.25) is 14.5 Å². The molecule has 1 aromatic heterocycles. The molecular formula is C22H27N5O4S. The third-order valence-corrected chi connectivity index (χ3v) is 6.86. The Morgan fingerprint density at radius 3 is 2.75 bits per heavy atom. The predicted molar refractivity (Wildman–Crippen MR) is 120 cm³/mol. The number of carbonyl (C=O) groups excluding carboxylic acids is 2. The number of thiophene rings is 1. The van der Waals surface area contributed by atoms with E-state index in [-0.39, 0.29) is 30.7 Å². The predicted octanol–water partition coefficient (Wildman–Crippen LogP) is 0.959. The number of amides is 2. The molecule has 3 N–H and O–H groups in total. The van der Waals surface area contributed by atoms with Crippen LogP contribution < -0.4 is 25.6 Å². The minimum atomic E-state index is -0.248. The van der Waals surface area contributed by atoms with Crippen molar-refractivity contribution < 1.29 is 19.1 Å². The average molecular weight is 458 g/mol. The SMILES string of the molecule is O=C(NCCN1CCN(C(=O)C2CC(c3ccc4c(c3)OCO4)NN2)CC1)c1ccsc1. The van der Waals surface area contributed by atoms with Crippen LogP contribution in [0.2, 0.25) is 0 Å². The summed E-state index contributed by atoms with van der Waals surface area (Å²) in [7, 11) is 0. The molecule has 0 saturated carbocycles. The van der Waals surface area contributed by atoms with Crippen molar-refractivity contribution in [3.63, 3.8) is 0 Å². The van der Waals surface area contributed by atoms with Gasteiger partial charge in [-0.05, 0) is 35.6 Å². The minimum Gasteiger partial charge on any atom is -0.454 e. The lowest BCUT2D eigenvalue weighted by atomic mass is 10.0. The standard InChI is InChI=1S/C22H27N5O4S/c28-21(16-3-10-32-13-16)23-4-5-26-6-8-27(9-7-26)22(29)18-12-17(24-25-18)15-1-2-19-20(11-15)31-14-30-19/h1-3,10-11,13,17-18,24-25H,4-9,12,14H2,(H,23,28). The third kappa shape index (κ3) is 4.58. The number of hydrazine groups is 1. The maximum absolute atomic E-state index is 13.0. The first-order valence-corrected chi connectivity index (χ1v) is 11.8. The molecule has 2 amide bonds. The van der Waals surface area contributed by atoms with Crippen LogP contribution in [0.4, 0.5) is 0 Å². The second kappa shape index (κ2) is 9.45. The maximum atomic E-state index is 13.0. The van der Waals surface area contributed by atoms with E-state index in [4.69, 9.17) is 9.47 Å². The first-order valence-electron chi connectivity index (χ1n) is 10.9. The fourth-order valence-electron chi connectivity index (χ4n) is 4.30. The molecule has 2 aromatic rings. The number of nitrogens with one attached hydrogen (secondary N) is 3. The molecule has 2 saturated heterocycles. The van der Waals surface area contributed by atoms with Crippen molar-refractivity contribution in [2.24, 2.45) is 0 Å². The van der Waals surface area contributed by atoms with Crippen LogP contribution >= 0.6 is 11.3 Å². The second-order valence-electron chi connectivity index (χ2n) is 8.18. The zero-order chi connectivity index (χ0) is 21.9. The highest BCUT2D eigenvalue weighted by Gasteiger charge is 2.34. The van der Waals surface area contributed by atoms with E-state index in [2.05, 4.69) is 21.1 Å². The molecule has 170 valence electrons. The smallest absolute Gasteiger partial charge is 0.252 e. The summed E-state index contributed by atoms with van der Waals surface area (Å²) in [4.78, 5) is 29.2. The van der Waals surface area contributed by atoms with E-state index in [1.165, 1.54) is 11.3 Å². The number of nitrogens with zero attached hydrogens (tertiary/aromatic N) is 2. The first-order chi connectivity index (χ1) is 15.7. The van der Waals surface area contributed by atoms with Gasteiger partial charge in [-0.25, -0.2) is 10.9 Å². The molecule has 0 spiro atoms. The van der Waals surface area contributed by atoms with Crippen molar-refractivity contribution in [1.82, 2.24) is 26.0 Å². The maximum Gasteiger partial charge on any atom is 0.252 e. The van der Waals surface area contributed by atoms with E-state index in [0.717, 1.165) is 36.7 Å². The van der Waals surface area contributed by atoms with Crippen LogP contribution in [0.25, 0.3) is 0 Å². The van der Waals surface area contributed by atoms with Gasteiger partial charge in [0.15, 0.2) is 11.5 Å². The van der Waals surface area contributed by atoms with E-state index < -0.39 is 0 Å². The Morgan fingerprint density at radius 2 is 1.94 bits per heavy atom. The van der Waals surface area contributed by atoms with Gasteiger partial charge in [0.05, 0.1) is 0 Å². The summed E-state index contributed by atoms with van der Waals surface area (Å²) in [6.45, 7) is 4.66. The number of ether oxygens (including phenoxy) is 2. The van der Waals surface area contributed by atoms with E-state index in [1.807, 2.05) is 39.9 Å². The highest BCUT2D eigenvalue weighted by molar-refractivity contribution is 7.08. The molecule has 4 heterocycles. The number of benzene rings is 1. The summed E-state index contributed by atoms with van der Waals surface area (Å²) < 4.78 is 10.8. The van der Waals surface area contributed by atoms with Crippen molar-refractivity contribution >= 4 is 23.2 Å². The van der Waals surface area contributed by atoms with Gasteiger partial charge in [0.2, 0.25) is 12.7 Å². The fourth-order valence-corrected chi connectivity index (χ4v) is 4.94.